The van der Waals surface area contributed by atoms with E-state index in [0.717, 1.165) is 10.6 Å². The maximum absolute atomic E-state index is 13.0. The van der Waals surface area contributed by atoms with E-state index >= 15 is 0 Å². The molecule has 26 heavy (non-hydrogen) atoms. The van der Waals surface area contributed by atoms with E-state index < -0.39 is 17.4 Å². The van der Waals surface area contributed by atoms with Gasteiger partial charge in [-0.15, -0.1) is 11.3 Å². The molecule has 2 heterocycles. The number of halogens is 1. The van der Waals surface area contributed by atoms with E-state index in [1.54, 1.807) is 19.1 Å². The Morgan fingerprint density at radius 1 is 1.31 bits per heavy atom. The molecule has 1 saturated heterocycles. The third-order valence-corrected chi connectivity index (χ3v) is 5.58. The van der Waals surface area contributed by atoms with Gasteiger partial charge in [0.1, 0.15) is 16.2 Å². The van der Waals surface area contributed by atoms with Crippen molar-refractivity contribution in [3.05, 3.63) is 51.2 Å². The van der Waals surface area contributed by atoms with E-state index in [0.29, 0.717) is 30.2 Å². The molecule has 1 fully saturated rings. The van der Waals surface area contributed by atoms with Crippen LogP contribution < -0.4 is 5.32 Å². The van der Waals surface area contributed by atoms with E-state index in [1.165, 1.54) is 23.5 Å². The van der Waals surface area contributed by atoms with Gasteiger partial charge in [-0.3, -0.25) is 4.79 Å². The Bertz CT molecular complexity index is 813. The number of carbonyl (C=O) groups excluding carboxylic acids is 1. The molecule has 2 N–H and O–H groups in total. The number of amides is 1. The molecule has 1 amide bonds. The zero-order valence-electron chi connectivity index (χ0n) is 14.3. The van der Waals surface area contributed by atoms with E-state index in [4.69, 9.17) is 4.74 Å². The summed E-state index contributed by atoms with van der Waals surface area (Å²) < 4.78 is 18.2. The van der Waals surface area contributed by atoms with Crippen molar-refractivity contribution in [2.75, 3.05) is 13.2 Å². The number of thiazole rings is 1. The zero-order valence-corrected chi connectivity index (χ0v) is 15.1. The van der Waals surface area contributed by atoms with E-state index in [1.807, 2.05) is 0 Å². The Morgan fingerprint density at radius 3 is 2.58 bits per heavy atom. The normalized spacial score (nSPS) is 16.2. The first-order valence-corrected chi connectivity index (χ1v) is 9.06. The Kier molecular flexibility index (Phi) is 5.33. The standard InChI is InChI=1S/C18H19FN2O4S/c1-11-15(16(22)21-18(17(23)24)6-8-25-9-7-18)26-14(20-11)10-12-2-4-13(19)5-3-12/h2-5H,6-10H2,1H3,(H,21,22)(H,23,24). The predicted molar refractivity (Wildman–Crippen MR) is 93.9 cm³/mol. The lowest BCUT2D eigenvalue weighted by Crippen LogP contribution is -2.57. The van der Waals surface area contributed by atoms with E-state index in [-0.39, 0.29) is 18.7 Å². The van der Waals surface area contributed by atoms with Crippen molar-refractivity contribution >= 4 is 23.2 Å². The average molecular weight is 378 g/mol. The Morgan fingerprint density at radius 2 is 1.96 bits per heavy atom. The molecule has 1 aliphatic rings. The lowest BCUT2D eigenvalue weighted by molar-refractivity contribution is -0.148. The number of nitrogens with one attached hydrogen (secondary N) is 1. The van der Waals surface area contributed by atoms with Crippen LogP contribution in [0.3, 0.4) is 0 Å². The predicted octanol–water partition coefficient (Wildman–Crippen LogP) is 2.55. The van der Waals surface area contributed by atoms with E-state index in [9.17, 15) is 19.1 Å². The summed E-state index contributed by atoms with van der Waals surface area (Å²) in [5, 5.41) is 13.0. The third kappa shape index (κ3) is 3.91. The molecule has 138 valence electrons. The molecule has 0 aliphatic carbocycles. The van der Waals surface area contributed by atoms with Crippen LogP contribution in [-0.4, -0.2) is 40.7 Å². The number of hydrogen-bond donors (Lipinski definition) is 2. The quantitative estimate of drug-likeness (QED) is 0.835. The first kappa shape index (κ1) is 18.5. The van der Waals surface area contributed by atoms with Crippen molar-refractivity contribution in [1.82, 2.24) is 10.3 Å². The second-order valence-corrected chi connectivity index (χ2v) is 7.36. The maximum atomic E-state index is 13.0. The summed E-state index contributed by atoms with van der Waals surface area (Å²) in [6.07, 6.45) is 0.944. The number of hydrogen-bond acceptors (Lipinski definition) is 5. The lowest BCUT2D eigenvalue weighted by Gasteiger charge is -2.33. The van der Waals surface area contributed by atoms with Crippen LogP contribution in [0.15, 0.2) is 24.3 Å². The number of aryl methyl sites for hydroxylation is 1. The van der Waals surface area contributed by atoms with Gasteiger partial charge in [0.2, 0.25) is 0 Å². The van der Waals surface area contributed by atoms with Gasteiger partial charge >= 0.3 is 5.97 Å². The number of carboxylic acids is 1. The van der Waals surface area contributed by atoms with E-state index in [2.05, 4.69) is 10.3 Å². The Labute approximate surface area is 154 Å². The van der Waals surface area contributed by atoms with Crippen molar-refractivity contribution in [1.29, 1.82) is 0 Å². The summed E-state index contributed by atoms with van der Waals surface area (Å²) in [5.41, 5.74) is 0.138. The highest BCUT2D eigenvalue weighted by molar-refractivity contribution is 7.13. The van der Waals surface area contributed by atoms with Gasteiger partial charge in [0, 0.05) is 32.5 Å². The van der Waals surface area contributed by atoms with Gasteiger partial charge in [-0.2, -0.15) is 0 Å². The molecule has 0 spiro atoms. The van der Waals surface area contributed by atoms with Gasteiger partial charge in [0.25, 0.3) is 5.91 Å². The Balaban J connectivity index is 1.76. The van der Waals surface area contributed by atoms with Crippen molar-refractivity contribution < 1.29 is 23.8 Å². The molecule has 1 aromatic carbocycles. The number of ether oxygens (including phenoxy) is 1. The summed E-state index contributed by atoms with van der Waals surface area (Å²) in [6.45, 7) is 2.31. The largest absolute Gasteiger partial charge is 0.480 e. The molecule has 1 aliphatic heterocycles. The fraction of sp³-hybridized carbons (Fsp3) is 0.389. The highest BCUT2D eigenvalue weighted by Crippen LogP contribution is 2.25. The number of aromatic nitrogens is 1. The van der Waals surface area contributed by atoms with Crippen LogP contribution in [0.5, 0.6) is 0 Å². The minimum atomic E-state index is -1.30. The fourth-order valence-corrected chi connectivity index (χ4v) is 3.90. The smallest absolute Gasteiger partial charge is 0.329 e. The summed E-state index contributed by atoms with van der Waals surface area (Å²) >= 11 is 1.22. The second kappa shape index (κ2) is 7.51. The molecule has 0 radical (unpaired) electrons. The number of carboxylic acid groups (broad SMARTS) is 1. The monoisotopic (exact) mass is 378 g/mol. The molecule has 0 atom stereocenters. The first-order chi connectivity index (χ1) is 12.4. The van der Waals surface area contributed by atoms with Gasteiger partial charge in [-0.25, -0.2) is 14.2 Å². The maximum Gasteiger partial charge on any atom is 0.329 e. The van der Waals surface area contributed by atoms with Gasteiger partial charge in [0.05, 0.1) is 10.7 Å². The summed E-state index contributed by atoms with van der Waals surface area (Å²) in [4.78, 5) is 29.1. The van der Waals surface area contributed by atoms with Crippen LogP contribution in [0.1, 0.15) is 38.8 Å². The van der Waals surface area contributed by atoms with Gasteiger partial charge < -0.3 is 15.2 Å². The topological polar surface area (TPSA) is 88.5 Å². The van der Waals surface area contributed by atoms with Crippen LogP contribution >= 0.6 is 11.3 Å². The number of aliphatic carboxylic acids is 1. The van der Waals surface area contributed by atoms with Gasteiger partial charge in [-0.1, -0.05) is 12.1 Å². The van der Waals surface area contributed by atoms with Gasteiger partial charge in [0.15, 0.2) is 0 Å². The van der Waals surface area contributed by atoms with Gasteiger partial charge in [-0.05, 0) is 24.6 Å². The number of carbonyl (C=O) groups is 2. The van der Waals surface area contributed by atoms with Crippen molar-refractivity contribution in [2.24, 2.45) is 0 Å². The third-order valence-electron chi connectivity index (χ3n) is 4.42. The molecule has 3 rings (SSSR count). The first-order valence-electron chi connectivity index (χ1n) is 8.24. The van der Waals surface area contributed by atoms with Crippen LogP contribution in [0, 0.1) is 12.7 Å². The molecular formula is C18H19FN2O4S. The molecule has 0 bridgehead atoms. The van der Waals surface area contributed by atoms with Crippen molar-refractivity contribution in [3.8, 4) is 0 Å². The minimum Gasteiger partial charge on any atom is -0.480 e. The number of nitrogens with zero attached hydrogens (tertiary/aromatic N) is 1. The highest BCUT2D eigenvalue weighted by atomic mass is 32.1. The summed E-state index contributed by atoms with van der Waals surface area (Å²) in [5.74, 6) is -1.79. The molecular weight excluding hydrogens is 359 g/mol. The summed E-state index contributed by atoms with van der Waals surface area (Å²) in [6, 6.07) is 6.11. The fourth-order valence-electron chi connectivity index (χ4n) is 2.90. The molecule has 0 saturated carbocycles. The molecule has 6 nitrogen and oxygen atoms in total. The molecule has 0 unspecified atom stereocenters. The highest BCUT2D eigenvalue weighted by Gasteiger charge is 2.42. The Hall–Kier alpha value is -2.32. The second-order valence-electron chi connectivity index (χ2n) is 6.28. The zero-order chi connectivity index (χ0) is 18.7. The molecule has 2 aromatic rings. The van der Waals surface area contributed by atoms with Crippen LogP contribution in [-0.2, 0) is 16.0 Å². The molecule has 1 aromatic heterocycles. The number of rotatable bonds is 5. The minimum absolute atomic E-state index is 0.231. The SMILES string of the molecule is Cc1nc(Cc2ccc(F)cc2)sc1C(=O)NC1(C(=O)O)CCOCC1. The van der Waals surface area contributed by atoms with Crippen molar-refractivity contribution in [2.45, 2.75) is 31.7 Å². The van der Waals surface area contributed by atoms with Crippen LogP contribution in [0.25, 0.3) is 0 Å². The van der Waals surface area contributed by atoms with Crippen LogP contribution in [0.2, 0.25) is 0 Å². The molecule has 8 heteroatoms. The number of benzene rings is 1. The van der Waals surface area contributed by atoms with Crippen molar-refractivity contribution in [3.63, 3.8) is 0 Å². The lowest BCUT2D eigenvalue weighted by atomic mass is 9.90. The van der Waals surface area contributed by atoms with Crippen LogP contribution in [0.4, 0.5) is 4.39 Å². The summed E-state index contributed by atoms with van der Waals surface area (Å²) in [7, 11) is 0. The average Bonchev–Trinajstić information content (AvgIpc) is 2.98.